The Bertz CT molecular complexity index is 873. The predicted octanol–water partition coefficient (Wildman–Crippen LogP) is 4.83. The van der Waals surface area contributed by atoms with Gasteiger partial charge in [0.25, 0.3) is 0 Å². The van der Waals surface area contributed by atoms with E-state index in [4.69, 9.17) is 15.2 Å². The molecule has 0 saturated heterocycles. The minimum Gasteiger partial charge on any atom is -0.485 e. The summed E-state index contributed by atoms with van der Waals surface area (Å²) in [6.07, 6.45) is 2.21. The van der Waals surface area contributed by atoms with Crippen LogP contribution in [0.5, 0.6) is 11.5 Å². The van der Waals surface area contributed by atoms with Crippen LogP contribution in [-0.2, 0) is 18.6 Å². The van der Waals surface area contributed by atoms with Crippen LogP contribution >= 0.6 is 0 Å². The number of para-hydroxylation sites is 1. The molecule has 27 heavy (non-hydrogen) atoms. The third kappa shape index (κ3) is 3.99. The maximum absolute atomic E-state index is 6.29. The fourth-order valence-electron chi connectivity index (χ4n) is 3.40. The zero-order valence-electron chi connectivity index (χ0n) is 15.4. The average molecular weight is 359 g/mol. The Morgan fingerprint density at radius 2 is 1.30 bits per heavy atom. The normalized spacial score (nSPS) is 14.6. The molecule has 0 atom stereocenters. The summed E-state index contributed by atoms with van der Waals surface area (Å²) >= 11 is 0. The molecule has 1 aliphatic carbocycles. The SMILES string of the molecule is NCC1(c2cccc(OCc3ccccc3)c2OCc2ccccc2)CC1. The molecule has 0 aliphatic heterocycles. The largest absolute Gasteiger partial charge is 0.485 e. The lowest BCUT2D eigenvalue weighted by Crippen LogP contribution is -2.21. The van der Waals surface area contributed by atoms with Gasteiger partial charge < -0.3 is 15.2 Å². The number of ether oxygens (including phenoxy) is 2. The van der Waals surface area contributed by atoms with Crippen molar-refractivity contribution >= 4 is 0 Å². The van der Waals surface area contributed by atoms with Crippen molar-refractivity contribution in [3.63, 3.8) is 0 Å². The molecule has 0 unspecified atom stereocenters. The van der Waals surface area contributed by atoms with Crippen molar-refractivity contribution in [2.24, 2.45) is 5.73 Å². The molecule has 3 heteroatoms. The van der Waals surface area contributed by atoms with Crippen LogP contribution in [0.15, 0.2) is 78.9 Å². The summed E-state index contributed by atoms with van der Waals surface area (Å²) in [7, 11) is 0. The molecule has 3 aromatic carbocycles. The summed E-state index contributed by atoms with van der Waals surface area (Å²) < 4.78 is 12.4. The van der Waals surface area contributed by atoms with Gasteiger partial charge in [0.2, 0.25) is 0 Å². The first-order chi connectivity index (χ1) is 13.3. The summed E-state index contributed by atoms with van der Waals surface area (Å²) in [4.78, 5) is 0. The first-order valence-electron chi connectivity index (χ1n) is 9.48. The fourth-order valence-corrected chi connectivity index (χ4v) is 3.40. The number of hydrogen-bond acceptors (Lipinski definition) is 3. The quantitative estimate of drug-likeness (QED) is 0.626. The highest BCUT2D eigenvalue weighted by atomic mass is 16.5. The summed E-state index contributed by atoms with van der Waals surface area (Å²) in [6.45, 7) is 1.67. The highest BCUT2D eigenvalue weighted by Gasteiger charge is 2.45. The monoisotopic (exact) mass is 359 g/mol. The molecule has 0 spiro atoms. The minimum atomic E-state index is 0.0398. The fraction of sp³-hybridized carbons (Fsp3) is 0.250. The van der Waals surface area contributed by atoms with Crippen molar-refractivity contribution < 1.29 is 9.47 Å². The summed E-state index contributed by atoms with van der Waals surface area (Å²) in [5, 5.41) is 0. The van der Waals surface area contributed by atoms with Gasteiger partial charge in [-0.1, -0.05) is 72.8 Å². The molecule has 0 radical (unpaired) electrons. The molecule has 0 amide bonds. The van der Waals surface area contributed by atoms with Gasteiger partial charge in [0.15, 0.2) is 11.5 Å². The van der Waals surface area contributed by atoms with E-state index in [0.29, 0.717) is 19.8 Å². The van der Waals surface area contributed by atoms with Crippen LogP contribution in [0.1, 0.15) is 29.5 Å². The third-order valence-electron chi connectivity index (χ3n) is 5.26. The van der Waals surface area contributed by atoms with Gasteiger partial charge in [-0.2, -0.15) is 0 Å². The maximum Gasteiger partial charge on any atom is 0.165 e. The van der Waals surface area contributed by atoms with E-state index in [2.05, 4.69) is 30.3 Å². The van der Waals surface area contributed by atoms with E-state index in [0.717, 1.165) is 35.5 Å². The Hall–Kier alpha value is -2.78. The number of nitrogens with two attached hydrogens (primary N) is 1. The lowest BCUT2D eigenvalue weighted by atomic mass is 9.94. The van der Waals surface area contributed by atoms with Crippen LogP contribution in [0.25, 0.3) is 0 Å². The molecule has 1 fully saturated rings. The highest BCUT2D eigenvalue weighted by molar-refractivity contribution is 5.52. The average Bonchev–Trinajstić information content (AvgIpc) is 3.53. The molecule has 3 nitrogen and oxygen atoms in total. The Morgan fingerprint density at radius 1 is 0.704 bits per heavy atom. The second-order valence-electron chi connectivity index (χ2n) is 7.17. The van der Waals surface area contributed by atoms with E-state index in [1.807, 2.05) is 48.5 Å². The van der Waals surface area contributed by atoms with Gasteiger partial charge in [0.1, 0.15) is 13.2 Å². The van der Waals surface area contributed by atoms with Crippen LogP contribution in [0, 0.1) is 0 Å². The van der Waals surface area contributed by atoms with E-state index >= 15 is 0 Å². The third-order valence-corrected chi connectivity index (χ3v) is 5.26. The molecule has 3 aromatic rings. The first kappa shape index (κ1) is 17.6. The molecule has 2 N–H and O–H groups in total. The van der Waals surface area contributed by atoms with Crippen LogP contribution in [0.4, 0.5) is 0 Å². The van der Waals surface area contributed by atoms with Crippen molar-refractivity contribution in [2.45, 2.75) is 31.5 Å². The molecular formula is C24H25NO2. The van der Waals surface area contributed by atoms with E-state index in [1.54, 1.807) is 0 Å². The van der Waals surface area contributed by atoms with Crippen LogP contribution in [0.3, 0.4) is 0 Å². The van der Waals surface area contributed by atoms with Gasteiger partial charge in [-0.3, -0.25) is 0 Å². The van der Waals surface area contributed by atoms with E-state index in [-0.39, 0.29) is 5.41 Å². The van der Waals surface area contributed by atoms with E-state index in [9.17, 15) is 0 Å². The summed E-state index contributed by atoms with van der Waals surface area (Å²) in [5.41, 5.74) is 9.58. The number of hydrogen-bond donors (Lipinski definition) is 1. The zero-order chi connectivity index (χ0) is 18.5. The summed E-state index contributed by atoms with van der Waals surface area (Å²) in [6, 6.07) is 26.6. The Balaban J connectivity index is 1.60. The van der Waals surface area contributed by atoms with Gasteiger partial charge in [-0.15, -0.1) is 0 Å². The van der Waals surface area contributed by atoms with Crippen molar-refractivity contribution in [2.75, 3.05) is 6.54 Å². The standard InChI is InChI=1S/C24H25NO2/c25-18-24(14-15-24)21-12-7-13-22(26-16-19-8-3-1-4-9-19)23(21)27-17-20-10-5-2-6-11-20/h1-13H,14-18,25H2. The Labute approximate surface area is 160 Å². The number of benzene rings is 3. The van der Waals surface area contributed by atoms with E-state index in [1.165, 1.54) is 5.56 Å². The van der Waals surface area contributed by atoms with Gasteiger partial charge in [-0.05, 0) is 30.0 Å². The molecule has 0 aromatic heterocycles. The van der Waals surface area contributed by atoms with Gasteiger partial charge >= 0.3 is 0 Å². The molecular weight excluding hydrogens is 334 g/mol. The van der Waals surface area contributed by atoms with Gasteiger partial charge in [0, 0.05) is 17.5 Å². The van der Waals surface area contributed by atoms with Gasteiger partial charge in [-0.25, -0.2) is 0 Å². The van der Waals surface area contributed by atoms with Crippen molar-refractivity contribution in [3.8, 4) is 11.5 Å². The molecule has 0 bridgehead atoms. The lowest BCUT2D eigenvalue weighted by molar-refractivity contribution is 0.252. The molecule has 4 rings (SSSR count). The van der Waals surface area contributed by atoms with Crippen molar-refractivity contribution in [1.29, 1.82) is 0 Å². The number of rotatable bonds is 8. The second kappa shape index (κ2) is 7.85. The minimum absolute atomic E-state index is 0.0398. The highest BCUT2D eigenvalue weighted by Crippen LogP contribution is 2.52. The Kier molecular flexibility index (Phi) is 5.12. The topological polar surface area (TPSA) is 44.5 Å². The first-order valence-corrected chi connectivity index (χ1v) is 9.48. The molecule has 138 valence electrons. The molecule has 0 heterocycles. The maximum atomic E-state index is 6.29. The van der Waals surface area contributed by atoms with E-state index < -0.39 is 0 Å². The summed E-state index contributed by atoms with van der Waals surface area (Å²) in [5.74, 6) is 1.62. The second-order valence-corrected chi connectivity index (χ2v) is 7.17. The zero-order valence-corrected chi connectivity index (χ0v) is 15.4. The Morgan fingerprint density at radius 3 is 1.85 bits per heavy atom. The van der Waals surface area contributed by atoms with Gasteiger partial charge in [0.05, 0.1) is 0 Å². The van der Waals surface area contributed by atoms with Crippen LogP contribution in [-0.4, -0.2) is 6.54 Å². The molecule has 1 aliphatic rings. The molecule has 1 saturated carbocycles. The van der Waals surface area contributed by atoms with Crippen molar-refractivity contribution in [3.05, 3.63) is 95.6 Å². The van der Waals surface area contributed by atoms with Crippen LogP contribution in [0.2, 0.25) is 0 Å². The lowest BCUT2D eigenvalue weighted by Gasteiger charge is -2.21. The van der Waals surface area contributed by atoms with Crippen molar-refractivity contribution in [1.82, 2.24) is 0 Å². The predicted molar refractivity (Wildman–Crippen MR) is 108 cm³/mol. The smallest absolute Gasteiger partial charge is 0.165 e. The van der Waals surface area contributed by atoms with Crippen LogP contribution < -0.4 is 15.2 Å².